The second-order valence-electron chi connectivity index (χ2n) is 6.35. The first-order valence-electron chi connectivity index (χ1n) is 8.32. The van der Waals surface area contributed by atoms with Gasteiger partial charge in [0.05, 0.1) is 4.88 Å². The van der Waals surface area contributed by atoms with Crippen molar-refractivity contribution in [2.45, 2.75) is 59.3 Å². The van der Waals surface area contributed by atoms with Crippen LogP contribution in [0, 0.1) is 5.92 Å². The molecule has 1 heterocycles. The van der Waals surface area contributed by atoms with Crippen LogP contribution < -0.4 is 0 Å². The number of nitrogens with zero attached hydrogens (tertiary/aromatic N) is 1. The maximum atomic E-state index is 10.00. The van der Waals surface area contributed by atoms with E-state index in [1.165, 1.54) is 11.1 Å². The Labute approximate surface area is 138 Å². The van der Waals surface area contributed by atoms with Crippen LogP contribution in [-0.2, 0) is 12.8 Å². The number of aromatic nitrogens is 1. The molecule has 0 saturated heterocycles. The molecule has 2 nitrogen and oxygen atoms in total. The first-order valence-corrected chi connectivity index (χ1v) is 9.14. The normalized spacial score (nSPS) is 12.8. The Bertz CT molecular complexity index is 586. The van der Waals surface area contributed by atoms with Crippen molar-refractivity contribution in [1.82, 2.24) is 4.98 Å². The zero-order valence-electron chi connectivity index (χ0n) is 14.1. The van der Waals surface area contributed by atoms with Gasteiger partial charge in [0.15, 0.2) is 0 Å². The van der Waals surface area contributed by atoms with Gasteiger partial charge in [-0.1, -0.05) is 58.4 Å². The highest BCUT2D eigenvalue weighted by atomic mass is 32.1. The molecule has 1 atom stereocenters. The molecule has 0 amide bonds. The predicted octanol–water partition coefficient (Wildman–Crippen LogP) is 5.54. The fourth-order valence-electron chi connectivity index (χ4n) is 2.81. The van der Waals surface area contributed by atoms with Crippen molar-refractivity contribution >= 4 is 11.3 Å². The highest BCUT2D eigenvalue weighted by Gasteiger charge is 2.19. The molecule has 1 aromatic heterocycles. The minimum atomic E-state index is 0.233. The Hall–Kier alpha value is -1.35. The van der Waals surface area contributed by atoms with Crippen molar-refractivity contribution in [1.29, 1.82) is 0 Å². The average Bonchev–Trinajstić information content (AvgIpc) is 2.82. The van der Waals surface area contributed by atoms with Gasteiger partial charge in [0.25, 0.3) is 0 Å². The first kappa shape index (κ1) is 17.0. The molecule has 1 aromatic carbocycles. The van der Waals surface area contributed by atoms with Gasteiger partial charge in [-0.2, -0.15) is 0 Å². The average molecular weight is 317 g/mol. The summed E-state index contributed by atoms with van der Waals surface area (Å²) in [5.74, 6) is 1.20. The van der Waals surface area contributed by atoms with Crippen molar-refractivity contribution in [3.63, 3.8) is 0 Å². The molecule has 0 aliphatic rings. The van der Waals surface area contributed by atoms with Gasteiger partial charge < -0.3 is 5.11 Å². The monoisotopic (exact) mass is 317 g/mol. The standard InChI is InChI=1S/C19H27NOS/c1-5-7-17-18(21)20-19(22-17)16(6-2)15-10-8-14(9-11-15)12-13(3)4/h8-11,13,16,21H,5-7,12H2,1-4H3. The first-order chi connectivity index (χ1) is 10.5. The Morgan fingerprint density at radius 1 is 1.14 bits per heavy atom. The van der Waals surface area contributed by atoms with Crippen molar-refractivity contribution in [2.24, 2.45) is 5.92 Å². The lowest BCUT2D eigenvalue weighted by Crippen LogP contribution is -2.00. The number of thiazole rings is 1. The summed E-state index contributed by atoms with van der Waals surface area (Å²) in [5.41, 5.74) is 2.69. The Kier molecular flexibility index (Phi) is 6.01. The summed E-state index contributed by atoms with van der Waals surface area (Å²) in [4.78, 5) is 5.44. The van der Waals surface area contributed by atoms with Gasteiger partial charge in [0.2, 0.25) is 5.88 Å². The number of aryl methyl sites for hydroxylation is 1. The smallest absolute Gasteiger partial charge is 0.225 e. The van der Waals surface area contributed by atoms with Gasteiger partial charge in [-0.15, -0.1) is 11.3 Å². The van der Waals surface area contributed by atoms with E-state index in [9.17, 15) is 5.11 Å². The number of hydrogen-bond acceptors (Lipinski definition) is 3. The van der Waals surface area contributed by atoms with Crippen molar-refractivity contribution in [3.8, 4) is 5.88 Å². The summed E-state index contributed by atoms with van der Waals surface area (Å²) < 4.78 is 0. The molecule has 0 aliphatic heterocycles. The largest absolute Gasteiger partial charge is 0.492 e. The summed E-state index contributed by atoms with van der Waals surface area (Å²) in [7, 11) is 0. The topological polar surface area (TPSA) is 33.1 Å². The van der Waals surface area contributed by atoms with Gasteiger partial charge in [0, 0.05) is 5.92 Å². The molecule has 0 spiro atoms. The quantitative estimate of drug-likeness (QED) is 0.727. The summed E-state index contributed by atoms with van der Waals surface area (Å²) in [6, 6.07) is 8.92. The lowest BCUT2D eigenvalue weighted by molar-refractivity contribution is 0.448. The van der Waals surface area contributed by atoms with Crippen LogP contribution in [0.3, 0.4) is 0 Å². The highest BCUT2D eigenvalue weighted by molar-refractivity contribution is 7.12. The Morgan fingerprint density at radius 3 is 2.36 bits per heavy atom. The summed E-state index contributed by atoms with van der Waals surface area (Å²) >= 11 is 1.67. The van der Waals surface area contributed by atoms with Crippen LogP contribution in [0.25, 0.3) is 0 Å². The van der Waals surface area contributed by atoms with E-state index in [1.807, 2.05) is 0 Å². The molecule has 22 heavy (non-hydrogen) atoms. The highest BCUT2D eigenvalue weighted by Crippen LogP contribution is 2.35. The van der Waals surface area contributed by atoms with E-state index in [4.69, 9.17) is 0 Å². The zero-order valence-corrected chi connectivity index (χ0v) is 14.9. The SMILES string of the molecule is CCCc1sc(C(CC)c2ccc(CC(C)C)cc2)nc1O. The van der Waals surface area contributed by atoms with E-state index in [0.29, 0.717) is 5.92 Å². The third-order valence-electron chi connectivity index (χ3n) is 3.90. The lowest BCUT2D eigenvalue weighted by Gasteiger charge is -2.13. The van der Waals surface area contributed by atoms with E-state index in [0.717, 1.165) is 35.6 Å². The third kappa shape index (κ3) is 4.10. The van der Waals surface area contributed by atoms with Gasteiger partial charge in [-0.05, 0) is 36.3 Å². The minimum Gasteiger partial charge on any atom is -0.492 e. The molecule has 2 aromatic rings. The van der Waals surface area contributed by atoms with Gasteiger partial charge in [0.1, 0.15) is 5.01 Å². The maximum Gasteiger partial charge on any atom is 0.225 e. The summed E-state index contributed by atoms with van der Waals surface area (Å²) in [5, 5.41) is 11.0. The molecule has 0 fully saturated rings. The van der Waals surface area contributed by atoms with Crippen molar-refractivity contribution in [3.05, 3.63) is 45.3 Å². The molecule has 0 radical (unpaired) electrons. The zero-order chi connectivity index (χ0) is 16.1. The van der Waals surface area contributed by atoms with Crippen LogP contribution in [0.15, 0.2) is 24.3 Å². The van der Waals surface area contributed by atoms with Gasteiger partial charge in [-0.25, -0.2) is 4.98 Å². The van der Waals surface area contributed by atoms with Crippen molar-refractivity contribution in [2.75, 3.05) is 0 Å². The van der Waals surface area contributed by atoms with Crippen LogP contribution >= 0.6 is 11.3 Å². The number of aromatic hydroxyl groups is 1. The van der Waals surface area contributed by atoms with Crippen LogP contribution in [0.5, 0.6) is 5.88 Å². The third-order valence-corrected chi connectivity index (χ3v) is 5.12. The molecule has 1 unspecified atom stereocenters. The summed E-state index contributed by atoms with van der Waals surface area (Å²) in [6.45, 7) is 8.81. The molecule has 3 heteroatoms. The predicted molar refractivity (Wildman–Crippen MR) is 94.9 cm³/mol. The lowest BCUT2D eigenvalue weighted by atomic mass is 9.94. The minimum absolute atomic E-state index is 0.233. The van der Waals surface area contributed by atoms with E-state index in [1.54, 1.807) is 11.3 Å². The maximum absolute atomic E-state index is 10.00. The fourth-order valence-corrected chi connectivity index (χ4v) is 4.08. The van der Waals surface area contributed by atoms with Gasteiger partial charge in [-0.3, -0.25) is 0 Å². The summed E-state index contributed by atoms with van der Waals surface area (Å²) in [6.07, 6.45) is 4.07. The van der Waals surface area contributed by atoms with E-state index in [-0.39, 0.29) is 11.8 Å². The Morgan fingerprint density at radius 2 is 1.82 bits per heavy atom. The second kappa shape index (κ2) is 7.77. The van der Waals surface area contributed by atoms with Crippen LogP contribution in [-0.4, -0.2) is 10.1 Å². The molecule has 0 bridgehead atoms. The van der Waals surface area contributed by atoms with Gasteiger partial charge >= 0.3 is 0 Å². The number of rotatable bonds is 7. The van der Waals surface area contributed by atoms with Crippen LogP contribution in [0.2, 0.25) is 0 Å². The Balaban J connectivity index is 2.22. The molecule has 1 N–H and O–H groups in total. The molecular weight excluding hydrogens is 290 g/mol. The van der Waals surface area contributed by atoms with Crippen LogP contribution in [0.1, 0.15) is 67.5 Å². The van der Waals surface area contributed by atoms with E-state index in [2.05, 4.69) is 56.9 Å². The fraction of sp³-hybridized carbons (Fsp3) is 0.526. The van der Waals surface area contributed by atoms with E-state index >= 15 is 0 Å². The number of hydrogen-bond donors (Lipinski definition) is 1. The molecule has 120 valence electrons. The number of benzene rings is 1. The second-order valence-corrected chi connectivity index (χ2v) is 7.46. The molecule has 2 rings (SSSR count). The van der Waals surface area contributed by atoms with E-state index < -0.39 is 0 Å². The molecule has 0 saturated carbocycles. The van der Waals surface area contributed by atoms with Crippen LogP contribution in [0.4, 0.5) is 0 Å². The van der Waals surface area contributed by atoms with Crippen molar-refractivity contribution < 1.29 is 5.11 Å². The molecular formula is C19H27NOS. The molecule has 0 aliphatic carbocycles.